The Morgan fingerprint density at radius 3 is 2.71 bits per heavy atom. The first-order valence-electron chi connectivity index (χ1n) is 9.70. The second-order valence-corrected chi connectivity index (χ2v) is 6.96. The zero-order valence-corrected chi connectivity index (χ0v) is 19.3. The van der Waals surface area contributed by atoms with E-state index >= 15 is 0 Å². The van der Waals surface area contributed by atoms with Crippen LogP contribution < -0.4 is 15.4 Å². The summed E-state index contributed by atoms with van der Waals surface area (Å²) in [6.07, 6.45) is 4.46. The molecular formula is C20H31IN6O. The summed E-state index contributed by atoms with van der Waals surface area (Å²) in [4.78, 5) is 4.31. The number of nitrogens with one attached hydrogen (secondary N) is 2. The molecule has 7 nitrogen and oxygen atoms in total. The number of fused-ring (bicyclic) bond motifs is 1. The summed E-state index contributed by atoms with van der Waals surface area (Å²) in [7, 11) is 3.48. The fraction of sp³-hybridized carbons (Fsp3) is 0.550. The van der Waals surface area contributed by atoms with E-state index in [4.69, 9.17) is 4.74 Å². The van der Waals surface area contributed by atoms with Crippen LogP contribution in [0.25, 0.3) is 0 Å². The summed E-state index contributed by atoms with van der Waals surface area (Å²) in [5, 5.41) is 15.4. The molecule has 0 bridgehead atoms. The normalized spacial score (nSPS) is 14.6. The Balaban J connectivity index is 0.00000280. The Morgan fingerprint density at radius 2 is 2.00 bits per heavy atom. The molecule has 2 aromatic rings. The molecule has 0 fully saturated rings. The molecule has 0 spiro atoms. The minimum Gasteiger partial charge on any atom is -0.497 e. The van der Waals surface area contributed by atoms with E-state index in [9.17, 15) is 0 Å². The topological polar surface area (TPSA) is 76.4 Å². The van der Waals surface area contributed by atoms with Crippen LogP contribution in [0.4, 0.5) is 0 Å². The molecule has 1 aromatic carbocycles. The molecule has 0 amide bonds. The van der Waals surface area contributed by atoms with Crippen molar-refractivity contribution in [3.8, 4) is 5.75 Å². The molecule has 2 heterocycles. The van der Waals surface area contributed by atoms with Gasteiger partial charge in [0.2, 0.25) is 0 Å². The molecule has 0 aliphatic carbocycles. The van der Waals surface area contributed by atoms with Gasteiger partial charge >= 0.3 is 0 Å². The number of hydrogen-bond acceptors (Lipinski definition) is 4. The van der Waals surface area contributed by atoms with Crippen molar-refractivity contribution >= 4 is 29.9 Å². The lowest BCUT2D eigenvalue weighted by atomic mass is 9.98. The molecule has 154 valence electrons. The maximum atomic E-state index is 5.22. The highest BCUT2D eigenvalue weighted by atomic mass is 127. The number of methoxy groups -OCH3 is 1. The van der Waals surface area contributed by atoms with Crippen LogP contribution in [-0.2, 0) is 19.5 Å². The summed E-state index contributed by atoms with van der Waals surface area (Å²) in [6, 6.07) is 8.29. The standard InChI is InChI=1S/C20H30N6O.HI/c1-15(16-7-9-17(27-3)10-8-16)11-12-22-20(21-2)23-14-19-25-24-18-6-4-5-13-26(18)19;/h7-10,15H,4-6,11-14H2,1-3H3,(H2,21,22,23);1H. The molecule has 1 unspecified atom stereocenters. The van der Waals surface area contributed by atoms with E-state index < -0.39 is 0 Å². The van der Waals surface area contributed by atoms with Gasteiger partial charge in [-0.05, 0) is 42.9 Å². The van der Waals surface area contributed by atoms with Gasteiger partial charge in [0, 0.05) is 26.6 Å². The first kappa shape index (κ1) is 22.4. The molecule has 28 heavy (non-hydrogen) atoms. The van der Waals surface area contributed by atoms with Crippen LogP contribution in [0.2, 0.25) is 0 Å². The highest BCUT2D eigenvalue weighted by Crippen LogP contribution is 2.21. The number of guanidine groups is 1. The van der Waals surface area contributed by atoms with Gasteiger partial charge in [0.05, 0.1) is 13.7 Å². The average Bonchev–Trinajstić information content (AvgIpc) is 3.13. The van der Waals surface area contributed by atoms with Gasteiger partial charge in [-0.1, -0.05) is 19.1 Å². The average molecular weight is 498 g/mol. The van der Waals surface area contributed by atoms with Crippen molar-refractivity contribution in [1.82, 2.24) is 25.4 Å². The zero-order valence-electron chi connectivity index (χ0n) is 16.9. The van der Waals surface area contributed by atoms with Crippen LogP contribution in [0, 0.1) is 0 Å². The van der Waals surface area contributed by atoms with E-state index in [1.165, 1.54) is 18.4 Å². The lowest BCUT2D eigenvalue weighted by molar-refractivity contribution is 0.414. The number of halogens is 1. The van der Waals surface area contributed by atoms with Crippen molar-refractivity contribution < 1.29 is 4.74 Å². The summed E-state index contributed by atoms with van der Waals surface area (Å²) >= 11 is 0. The molecule has 1 aliphatic heterocycles. The molecule has 1 aliphatic rings. The van der Waals surface area contributed by atoms with Crippen LogP contribution in [0.5, 0.6) is 5.75 Å². The number of nitrogens with zero attached hydrogens (tertiary/aromatic N) is 4. The van der Waals surface area contributed by atoms with Crippen molar-refractivity contribution in [1.29, 1.82) is 0 Å². The van der Waals surface area contributed by atoms with Crippen molar-refractivity contribution in [2.75, 3.05) is 20.7 Å². The lowest BCUT2D eigenvalue weighted by Gasteiger charge is -2.17. The van der Waals surface area contributed by atoms with Gasteiger partial charge in [0.15, 0.2) is 11.8 Å². The zero-order chi connectivity index (χ0) is 19.1. The highest BCUT2D eigenvalue weighted by Gasteiger charge is 2.15. The Kier molecular flexibility index (Phi) is 9.01. The van der Waals surface area contributed by atoms with Gasteiger partial charge in [-0.25, -0.2) is 0 Å². The van der Waals surface area contributed by atoms with Crippen molar-refractivity contribution in [3.63, 3.8) is 0 Å². The molecule has 0 saturated carbocycles. The maximum absolute atomic E-state index is 5.22. The van der Waals surface area contributed by atoms with E-state index in [0.29, 0.717) is 12.5 Å². The van der Waals surface area contributed by atoms with Gasteiger partial charge in [-0.15, -0.1) is 34.2 Å². The van der Waals surface area contributed by atoms with Crippen LogP contribution in [0.15, 0.2) is 29.3 Å². The minimum absolute atomic E-state index is 0. The summed E-state index contributed by atoms with van der Waals surface area (Å²) < 4.78 is 7.45. The van der Waals surface area contributed by atoms with E-state index in [1.54, 1.807) is 14.2 Å². The van der Waals surface area contributed by atoms with Gasteiger partial charge in [0.25, 0.3) is 0 Å². The molecule has 8 heteroatoms. The summed E-state index contributed by atoms with van der Waals surface area (Å²) in [6.45, 7) is 4.75. The van der Waals surface area contributed by atoms with Gasteiger partial charge in [-0.3, -0.25) is 4.99 Å². The van der Waals surface area contributed by atoms with Crippen molar-refractivity contribution in [3.05, 3.63) is 41.5 Å². The second kappa shape index (κ2) is 11.2. The predicted octanol–water partition coefficient (Wildman–Crippen LogP) is 3.10. The lowest BCUT2D eigenvalue weighted by Crippen LogP contribution is -2.38. The number of benzene rings is 1. The third-order valence-corrected chi connectivity index (χ3v) is 5.13. The van der Waals surface area contributed by atoms with E-state index in [1.807, 2.05) is 12.1 Å². The number of aryl methyl sites for hydroxylation is 1. The number of aliphatic imine (C=N–C) groups is 1. The van der Waals surface area contributed by atoms with E-state index in [2.05, 4.69) is 49.4 Å². The quantitative estimate of drug-likeness (QED) is 0.349. The SMILES string of the molecule is CN=C(NCCC(C)c1ccc(OC)cc1)NCc1nnc2n1CCCC2.I. The molecule has 0 saturated heterocycles. The number of aromatic nitrogens is 3. The van der Waals surface area contributed by atoms with Crippen LogP contribution in [0.1, 0.15) is 49.3 Å². The molecule has 3 rings (SSSR count). The minimum atomic E-state index is 0. The molecular weight excluding hydrogens is 467 g/mol. The number of rotatable bonds is 7. The third-order valence-electron chi connectivity index (χ3n) is 5.13. The Labute approximate surface area is 184 Å². The fourth-order valence-corrected chi connectivity index (χ4v) is 3.39. The van der Waals surface area contributed by atoms with Crippen molar-refractivity contribution in [2.24, 2.45) is 4.99 Å². The molecule has 0 radical (unpaired) electrons. The van der Waals surface area contributed by atoms with Crippen LogP contribution in [0.3, 0.4) is 0 Å². The Bertz CT molecular complexity index is 759. The highest BCUT2D eigenvalue weighted by molar-refractivity contribution is 14.0. The monoisotopic (exact) mass is 498 g/mol. The maximum Gasteiger partial charge on any atom is 0.191 e. The first-order valence-corrected chi connectivity index (χ1v) is 9.70. The van der Waals surface area contributed by atoms with Crippen LogP contribution >= 0.6 is 24.0 Å². The van der Waals surface area contributed by atoms with Gasteiger partial charge in [-0.2, -0.15) is 0 Å². The third kappa shape index (κ3) is 5.83. The Hall–Kier alpha value is -1.84. The molecule has 1 aromatic heterocycles. The van der Waals surface area contributed by atoms with Crippen LogP contribution in [-0.4, -0.2) is 41.4 Å². The summed E-state index contributed by atoms with van der Waals surface area (Å²) in [5.41, 5.74) is 1.32. The van der Waals surface area contributed by atoms with E-state index in [0.717, 1.165) is 49.3 Å². The smallest absolute Gasteiger partial charge is 0.191 e. The first-order chi connectivity index (χ1) is 13.2. The number of hydrogen-bond donors (Lipinski definition) is 2. The second-order valence-electron chi connectivity index (χ2n) is 6.96. The molecule has 1 atom stereocenters. The summed E-state index contributed by atoms with van der Waals surface area (Å²) in [5.74, 6) is 4.24. The molecule has 2 N–H and O–H groups in total. The Morgan fingerprint density at radius 1 is 1.21 bits per heavy atom. The van der Waals surface area contributed by atoms with Gasteiger partial charge in [0.1, 0.15) is 11.6 Å². The number of ether oxygens (including phenoxy) is 1. The predicted molar refractivity (Wildman–Crippen MR) is 123 cm³/mol. The van der Waals surface area contributed by atoms with Gasteiger partial charge < -0.3 is 19.9 Å². The van der Waals surface area contributed by atoms with E-state index in [-0.39, 0.29) is 24.0 Å². The largest absolute Gasteiger partial charge is 0.497 e. The fourth-order valence-electron chi connectivity index (χ4n) is 3.39. The van der Waals surface area contributed by atoms with Crippen molar-refractivity contribution in [2.45, 2.75) is 51.6 Å².